The number of rotatable bonds is 10. The average molecular weight is 486 g/mol. The van der Waals surface area contributed by atoms with Crippen LogP contribution in [0.3, 0.4) is 0 Å². The van der Waals surface area contributed by atoms with E-state index in [4.69, 9.17) is 9.84 Å². The Morgan fingerprint density at radius 1 is 1.03 bits per heavy atom. The number of para-hydroxylation sites is 1. The van der Waals surface area contributed by atoms with Crippen molar-refractivity contribution in [3.05, 3.63) is 77.1 Å². The lowest BCUT2D eigenvalue weighted by Gasteiger charge is -2.12. The standard InChI is InChI=1S/C24H27N3O6S/c1-16-14-20(11-12-22(16)33-13-7-10-23(28)29)34(31,32)26-25-24(30)21-15-17(2)27(18(21)3)19-8-5-4-6-9-19/h4-6,8-9,11-12,14-15,26H,7,10,13H2,1-3H3,(H,25,30)(H,28,29). The summed E-state index contributed by atoms with van der Waals surface area (Å²) in [5, 5.41) is 8.68. The number of aromatic nitrogens is 1. The summed E-state index contributed by atoms with van der Waals surface area (Å²) in [7, 11) is -4.03. The molecule has 180 valence electrons. The molecule has 0 saturated heterocycles. The molecule has 0 spiro atoms. The van der Waals surface area contributed by atoms with E-state index in [0.717, 1.165) is 11.4 Å². The molecule has 1 heterocycles. The highest BCUT2D eigenvalue weighted by Gasteiger charge is 2.20. The molecule has 0 saturated carbocycles. The number of nitrogens with one attached hydrogen (secondary N) is 2. The van der Waals surface area contributed by atoms with Crippen LogP contribution in [0.1, 0.15) is 40.2 Å². The molecule has 1 amide bonds. The lowest BCUT2D eigenvalue weighted by atomic mass is 10.2. The SMILES string of the molecule is Cc1cc(S(=O)(=O)NNC(=O)c2cc(C)n(-c3ccccc3)c2C)ccc1OCCCC(=O)O. The Bertz CT molecular complexity index is 1300. The van der Waals surface area contributed by atoms with E-state index in [1.54, 1.807) is 19.9 Å². The molecule has 34 heavy (non-hydrogen) atoms. The third-order valence-corrected chi connectivity index (χ3v) is 6.48. The maximum absolute atomic E-state index is 12.7. The van der Waals surface area contributed by atoms with Crippen LogP contribution < -0.4 is 15.0 Å². The van der Waals surface area contributed by atoms with Crippen molar-refractivity contribution in [2.24, 2.45) is 0 Å². The van der Waals surface area contributed by atoms with Crippen LogP contribution in [0.25, 0.3) is 5.69 Å². The second kappa shape index (κ2) is 10.5. The highest BCUT2D eigenvalue weighted by molar-refractivity contribution is 7.89. The molecule has 3 aromatic rings. The second-order valence-electron chi connectivity index (χ2n) is 7.79. The number of amides is 1. The van der Waals surface area contributed by atoms with Gasteiger partial charge in [0.1, 0.15) is 5.75 Å². The Morgan fingerprint density at radius 2 is 1.74 bits per heavy atom. The molecule has 0 bridgehead atoms. The Labute approximate surface area is 198 Å². The van der Waals surface area contributed by atoms with Crippen molar-refractivity contribution in [1.82, 2.24) is 14.8 Å². The van der Waals surface area contributed by atoms with E-state index < -0.39 is 21.9 Å². The zero-order valence-electron chi connectivity index (χ0n) is 19.2. The average Bonchev–Trinajstić information content (AvgIpc) is 3.10. The number of aryl methyl sites for hydroxylation is 2. The number of ether oxygens (including phenoxy) is 1. The molecule has 0 unspecified atom stereocenters. The fraction of sp³-hybridized carbons (Fsp3) is 0.250. The minimum atomic E-state index is -4.03. The van der Waals surface area contributed by atoms with Crippen LogP contribution in [0.2, 0.25) is 0 Å². The summed E-state index contributed by atoms with van der Waals surface area (Å²) in [6.45, 7) is 5.55. The molecule has 3 N–H and O–H groups in total. The summed E-state index contributed by atoms with van der Waals surface area (Å²) in [6, 6.07) is 15.5. The smallest absolute Gasteiger partial charge is 0.303 e. The van der Waals surface area contributed by atoms with Gasteiger partial charge < -0.3 is 14.4 Å². The van der Waals surface area contributed by atoms with Crippen LogP contribution in [0.4, 0.5) is 0 Å². The van der Waals surface area contributed by atoms with Gasteiger partial charge in [-0.15, -0.1) is 4.83 Å². The van der Waals surface area contributed by atoms with E-state index in [1.165, 1.54) is 18.2 Å². The Hall–Kier alpha value is -3.63. The number of hydrogen-bond acceptors (Lipinski definition) is 5. The van der Waals surface area contributed by atoms with Gasteiger partial charge in [-0.05, 0) is 69.2 Å². The minimum Gasteiger partial charge on any atom is -0.493 e. The second-order valence-corrected chi connectivity index (χ2v) is 9.47. The van der Waals surface area contributed by atoms with Gasteiger partial charge in [-0.2, -0.15) is 0 Å². The quantitative estimate of drug-likeness (QED) is 0.299. The van der Waals surface area contributed by atoms with E-state index in [1.807, 2.05) is 41.8 Å². The van der Waals surface area contributed by atoms with Crippen molar-refractivity contribution in [2.75, 3.05) is 6.61 Å². The third-order valence-electron chi connectivity index (χ3n) is 5.24. The zero-order chi connectivity index (χ0) is 24.9. The van der Waals surface area contributed by atoms with E-state index in [2.05, 4.69) is 10.3 Å². The monoisotopic (exact) mass is 485 g/mol. The van der Waals surface area contributed by atoms with E-state index >= 15 is 0 Å². The van der Waals surface area contributed by atoms with Crippen LogP contribution in [-0.2, 0) is 14.8 Å². The number of nitrogens with zero attached hydrogens (tertiary/aromatic N) is 1. The molecule has 9 nitrogen and oxygen atoms in total. The molecule has 2 aromatic carbocycles. The molecular formula is C24H27N3O6S. The lowest BCUT2D eigenvalue weighted by molar-refractivity contribution is -0.137. The highest BCUT2D eigenvalue weighted by Crippen LogP contribution is 2.23. The zero-order valence-corrected chi connectivity index (χ0v) is 20.0. The first-order valence-electron chi connectivity index (χ1n) is 10.6. The van der Waals surface area contributed by atoms with Crippen molar-refractivity contribution in [2.45, 2.75) is 38.5 Å². The number of hydrogen-bond donors (Lipinski definition) is 3. The van der Waals surface area contributed by atoms with Crippen LogP contribution in [-0.4, -0.2) is 36.6 Å². The van der Waals surface area contributed by atoms with Gasteiger partial charge in [0, 0.05) is 23.5 Å². The first-order chi connectivity index (χ1) is 16.1. The molecule has 0 aliphatic heterocycles. The number of hydrazine groups is 1. The number of benzene rings is 2. The van der Waals surface area contributed by atoms with Gasteiger partial charge in [0.25, 0.3) is 15.9 Å². The first kappa shape index (κ1) is 25.0. The van der Waals surface area contributed by atoms with Crippen LogP contribution in [0.15, 0.2) is 59.5 Å². The number of carboxylic acid groups (broad SMARTS) is 1. The normalized spacial score (nSPS) is 11.3. The molecule has 3 rings (SSSR count). The fourth-order valence-corrected chi connectivity index (χ4v) is 4.49. The summed E-state index contributed by atoms with van der Waals surface area (Å²) in [5.41, 5.74) is 5.62. The van der Waals surface area contributed by atoms with Gasteiger partial charge in [-0.25, -0.2) is 8.42 Å². The molecular weight excluding hydrogens is 458 g/mol. The third kappa shape index (κ3) is 5.83. The van der Waals surface area contributed by atoms with Gasteiger partial charge >= 0.3 is 5.97 Å². The number of carbonyl (C=O) groups excluding carboxylic acids is 1. The van der Waals surface area contributed by atoms with Gasteiger partial charge in [-0.3, -0.25) is 15.0 Å². The number of carbonyl (C=O) groups is 2. The minimum absolute atomic E-state index is 0.0111. The summed E-state index contributed by atoms with van der Waals surface area (Å²) in [6.07, 6.45) is 0.330. The Morgan fingerprint density at radius 3 is 2.38 bits per heavy atom. The number of aliphatic carboxylic acids is 1. The van der Waals surface area contributed by atoms with Crippen molar-refractivity contribution < 1.29 is 27.9 Å². The highest BCUT2D eigenvalue weighted by atomic mass is 32.2. The fourth-order valence-electron chi connectivity index (χ4n) is 3.56. The van der Waals surface area contributed by atoms with Crippen LogP contribution in [0, 0.1) is 20.8 Å². The van der Waals surface area contributed by atoms with Gasteiger partial charge in [-0.1, -0.05) is 18.2 Å². The van der Waals surface area contributed by atoms with Crippen LogP contribution >= 0.6 is 0 Å². The van der Waals surface area contributed by atoms with Gasteiger partial charge in [0.05, 0.1) is 17.1 Å². The molecule has 0 radical (unpaired) electrons. The molecule has 10 heteroatoms. The summed E-state index contributed by atoms with van der Waals surface area (Å²) in [4.78, 5) is 25.4. The number of sulfonamides is 1. The maximum Gasteiger partial charge on any atom is 0.303 e. The van der Waals surface area contributed by atoms with Crippen molar-refractivity contribution in [3.63, 3.8) is 0 Å². The van der Waals surface area contributed by atoms with Crippen LogP contribution in [0.5, 0.6) is 5.75 Å². The van der Waals surface area contributed by atoms with E-state index in [0.29, 0.717) is 29.0 Å². The Balaban J connectivity index is 1.68. The van der Waals surface area contributed by atoms with Crippen molar-refractivity contribution in [1.29, 1.82) is 0 Å². The van der Waals surface area contributed by atoms with E-state index in [-0.39, 0.29) is 17.9 Å². The predicted octanol–water partition coefficient (Wildman–Crippen LogP) is 3.27. The lowest BCUT2D eigenvalue weighted by Crippen LogP contribution is -2.41. The molecule has 0 aliphatic rings. The molecule has 0 fully saturated rings. The maximum atomic E-state index is 12.7. The van der Waals surface area contributed by atoms with Crippen molar-refractivity contribution in [3.8, 4) is 11.4 Å². The van der Waals surface area contributed by atoms with Gasteiger partial charge in [0.15, 0.2) is 0 Å². The first-order valence-corrected chi connectivity index (χ1v) is 12.1. The molecule has 0 atom stereocenters. The molecule has 0 aliphatic carbocycles. The summed E-state index contributed by atoms with van der Waals surface area (Å²) >= 11 is 0. The number of carboxylic acids is 1. The summed E-state index contributed by atoms with van der Waals surface area (Å²) < 4.78 is 32.9. The predicted molar refractivity (Wildman–Crippen MR) is 127 cm³/mol. The summed E-state index contributed by atoms with van der Waals surface area (Å²) in [5.74, 6) is -1.02. The van der Waals surface area contributed by atoms with E-state index in [9.17, 15) is 18.0 Å². The van der Waals surface area contributed by atoms with Gasteiger partial charge in [0.2, 0.25) is 0 Å². The Kier molecular flexibility index (Phi) is 7.75. The largest absolute Gasteiger partial charge is 0.493 e. The topological polar surface area (TPSA) is 127 Å². The van der Waals surface area contributed by atoms with Crippen molar-refractivity contribution >= 4 is 21.9 Å². The molecule has 1 aromatic heterocycles.